The summed E-state index contributed by atoms with van der Waals surface area (Å²) in [5.41, 5.74) is 0. The molecule has 76 valence electrons. The molecular weight excluding hydrogens is 176 g/mol. The molecule has 0 amide bonds. The molecular formula is C12H16O2. The maximum Gasteiger partial charge on any atom is 0.158 e. The maximum atomic E-state index is 11.3. The quantitative estimate of drug-likeness (QED) is 0.640. The normalized spacial score (nSPS) is 26.6. The van der Waals surface area contributed by atoms with E-state index in [9.17, 15) is 9.59 Å². The summed E-state index contributed by atoms with van der Waals surface area (Å²) in [5, 5.41) is 0. The molecule has 0 spiro atoms. The van der Waals surface area contributed by atoms with Crippen molar-refractivity contribution >= 4 is 11.6 Å². The lowest BCUT2D eigenvalue weighted by atomic mass is 9.78. The number of allylic oxidation sites excluding steroid dienone is 2. The van der Waals surface area contributed by atoms with Gasteiger partial charge in [-0.05, 0) is 37.8 Å². The minimum atomic E-state index is 0.0985. The molecule has 0 heterocycles. The van der Waals surface area contributed by atoms with Crippen molar-refractivity contribution in [2.75, 3.05) is 0 Å². The van der Waals surface area contributed by atoms with Crippen molar-refractivity contribution in [2.24, 2.45) is 11.8 Å². The summed E-state index contributed by atoms with van der Waals surface area (Å²) in [5.74, 6) is 0.437. The van der Waals surface area contributed by atoms with Crippen LogP contribution in [0.5, 0.6) is 0 Å². The second kappa shape index (κ2) is 4.89. The Morgan fingerprint density at radius 2 is 1.14 bits per heavy atom. The summed E-state index contributed by atoms with van der Waals surface area (Å²) in [6.07, 6.45) is 6.04. The second-order valence-corrected chi connectivity index (χ2v) is 3.76. The van der Waals surface area contributed by atoms with Crippen molar-refractivity contribution in [3.05, 3.63) is 25.3 Å². The summed E-state index contributed by atoms with van der Waals surface area (Å²) in [7, 11) is 0. The van der Waals surface area contributed by atoms with E-state index in [0.717, 1.165) is 25.7 Å². The molecule has 0 aromatic rings. The fourth-order valence-corrected chi connectivity index (χ4v) is 2.00. The minimum absolute atomic E-state index is 0.0985. The summed E-state index contributed by atoms with van der Waals surface area (Å²) >= 11 is 0. The van der Waals surface area contributed by atoms with E-state index in [1.54, 1.807) is 0 Å². The van der Waals surface area contributed by atoms with Gasteiger partial charge in [-0.3, -0.25) is 9.59 Å². The molecule has 0 aromatic carbocycles. The summed E-state index contributed by atoms with van der Waals surface area (Å²) in [4.78, 5) is 22.6. The third kappa shape index (κ3) is 2.41. The molecule has 1 aliphatic carbocycles. The van der Waals surface area contributed by atoms with Crippen LogP contribution in [0.25, 0.3) is 0 Å². The Kier molecular flexibility index (Phi) is 3.81. The Bertz CT molecular complexity index is 229. The Morgan fingerprint density at radius 3 is 1.36 bits per heavy atom. The average Bonchev–Trinajstić information content (AvgIpc) is 2.27. The maximum absolute atomic E-state index is 11.3. The van der Waals surface area contributed by atoms with Gasteiger partial charge in [-0.15, -0.1) is 0 Å². The van der Waals surface area contributed by atoms with Crippen LogP contribution in [0.2, 0.25) is 0 Å². The highest BCUT2D eigenvalue weighted by molar-refractivity contribution is 5.93. The van der Waals surface area contributed by atoms with Gasteiger partial charge in [0.05, 0.1) is 0 Å². The molecule has 2 nitrogen and oxygen atoms in total. The molecule has 0 bridgehead atoms. The first kappa shape index (κ1) is 10.9. The van der Waals surface area contributed by atoms with Crippen LogP contribution in [-0.4, -0.2) is 11.6 Å². The highest BCUT2D eigenvalue weighted by Crippen LogP contribution is 2.30. The van der Waals surface area contributed by atoms with Gasteiger partial charge in [-0.2, -0.15) is 0 Å². The predicted molar refractivity (Wildman–Crippen MR) is 55.9 cm³/mol. The second-order valence-electron chi connectivity index (χ2n) is 3.76. The Balaban J connectivity index is 2.45. The topological polar surface area (TPSA) is 34.1 Å². The fraction of sp³-hybridized carbons (Fsp3) is 0.500. The first-order valence-corrected chi connectivity index (χ1v) is 5.01. The first-order valence-electron chi connectivity index (χ1n) is 5.01. The van der Waals surface area contributed by atoms with Gasteiger partial charge in [0.15, 0.2) is 11.6 Å². The summed E-state index contributed by atoms with van der Waals surface area (Å²) < 4.78 is 0. The van der Waals surface area contributed by atoms with Gasteiger partial charge >= 0.3 is 0 Å². The van der Waals surface area contributed by atoms with Crippen LogP contribution < -0.4 is 0 Å². The van der Waals surface area contributed by atoms with Crippen LogP contribution >= 0.6 is 0 Å². The van der Waals surface area contributed by atoms with Crippen molar-refractivity contribution < 1.29 is 9.59 Å². The molecule has 0 atom stereocenters. The van der Waals surface area contributed by atoms with Gasteiger partial charge in [-0.1, -0.05) is 13.2 Å². The third-order valence-corrected chi connectivity index (χ3v) is 2.93. The smallest absolute Gasteiger partial charge is 0.158 e. The van der Waals surface area contributed by atoms with E-state index in [0.29, 0.717) is 0 Å². The lowest BCUT2D eigenvalue weighted by molar-refractivity contribution is -0.123. The standard InChI is InChI=1S/C12H16O2/c1-3-11(13)9-5-7-10(8-6-9)12(14)4-2/h3-4,9-10H,1-2,5-8H2. The molecule has 0 radical (unpaired) electrons. The van der Waals surface area contributed by atoms with Crippen molar-refractivity contribution in [3.8, 4) is 0 Å². The van der Waals surface area contributed by atoms with Crippen LogP contribution in [0.4, 0.5) is 0 Å². The largest absolute Gasteiger partial charge is 0.295 e. The number of ketones is 2. The van der Waals surface area contributed by atoms with Gasteiger partial charge in [0.1, 0.15) is 0 Å². The van der Waals surface area contributed by atoms with E-state index in [4.69, 9.17) is 0 Å². The van der Waals surface area contributed by atoms with E-state index in [1.165, 1.54) is 12.2 Å². The lowest BCUT2D eigenvalue weighted by Gasteiger charge is -2.25. The van der Waals surface area contributed by atoms with Gasteiger partial charge in [0.25, 0.3) is 0 Å². The Labute approximate surface area is 84.7 Å². The van der Waals surface area contributed by atoms with Gasteiger partial charge in [0.2, 0.25) is 0 Å². The molecule has 0 saturated heterocycles. The molecule has 0 N–H and O–H groups in total. The van der Waals surface area contributed by atoms with Crippen LogP contribution in [0.3, 0.4) is 0 Å². The van der Waals surface area contributed by atoms with Crippen molar-refractivity contribution in [1.82, 2.24) is 0 Å². The molecule has 1 fully saturated rings. The van der Waals surface area contributed by atoms with E-state index >= 15 is 0 Å². The fourth-order valence-electron chi connectivity index (χ4n) is 2.00. The third-order valence-electron chi connectivity index (χ3n) is 2.93. The first-order chi connectivity index (χ1) is 6.69. The number of rotatable bonds is 4. The predicted octanol–water partition coefficient (Wildman–Crippen LogP) is 2.30. The van der Waals surface area contributed by atoms with Crippen LogP contribution in [0.15, 0.2) is 25.3 Å². The summed E-state index contributed by atoms with van der Waals surface area (Å²) in [6.45, 7) is 6.95. The van der Waals surface area contributed by atoms with Crippen molar-refractivity contribution in [3.63, 3.8) is 0 Å². The van der Waals surface area contributed by atoms with Crippen LogP contribution in [0, 0.1) is 11.8 Å². The van der Waals surface area contributed by atoms with E-state index in [2.05, 4.69) is 13.2 Å². The van der Waals surface area contributed by atoms with Gasteiger partial charge in [-0.25, -0.2) is 0 Å². The lowest BCUT2D eigenvalue weighted by Crippen LogP contribution is -2.24. The van der Waals surface area contributed by atoms with Gasteiger partial charge in [0, 0.05) is 11.8 Å². The Morgan fingerprint density at radius 1 is 0.857 bits per heavy atom. The highest BCUT2D eigenvalue weighted by atomic mass is 16.1. The van der Waals surface area contributed by atoms with Crippen LogP contribution in [0.1, 0.15) is 25.7 Å². The molecule has 0 unspecified atom stereocenters. The number of carbonyl (C=O) groups excluding carboxylic acids is 2. The monoisotopic (exact) mass is 192 g/mol. The zero-order valence-corrected chi connectivity index (χ0v) is 8.37. The Hall–Kier alpha value is -1.18. The zero-order valence-electron chi connectivity index (χ0n) is 8.37. The molecule has 0 aromatic heterocycles. The SMILES string of the molecule is C=CC(=O)C1CCC(C(=O)C=C)CC1. The van der Waals surface area contributed by atoms with Gasteiger partial charge < -0.3 is 0 Å². The highest BCUT2D eigenvalue weighted by Gasteiger charge is 2.27. The van der Waals surface area contributed by atoms with E-state index < -0.39 is 0 Å². The number of hydrogen-bond acceptors (Lipinski definition) is 2. The van der Waals surface area contributed by atoms with Crippen molar-refractivity contribution in [1.29, 1.82) is 0 Å². The molecule has 1 rings (SSSR count). The van der Waals surface area contributed by atoms with Crippen LogP contribution in [-0.2, 0) is 9.59 Å². The number of hydrogen-bond donors (Lipinski definition) is 0. The average molecular weight is 192 g/mol. The minimum Gasteiger partial charge on any atom is -0.295 e. The molecule has 2 heteroatoms. The number of carbonyl (C=O) groups is 2. The van der Waals surface area contributed by atoms with Crippen molar-refractivity contribution in [2.45, 2.75) is 25.7 Å². The molecule has 14 heavy (non-hydrogen) atoms. The van der Waals surface area contributed by atoms with E-state index in [-0.39, 0.29) is 23.4 Å². The molecule has 1 saturated carbocycles. The molecule has 0 aliphatic heterocycles. The van der Waals surface area contributed by atoms with E-state index in [1.807, 2.05) is 0 Å². The summed E-state index contributed by atoms with van der Waals surface area (Å²) in [6, 6.07) is 0. The zero-order chi connectivity index (χ0) is 10.6. The molecule has 1 aliphatic rings.